The monoisotopic (exact) mass is 222 g/mol. The van der Waals surface area contributed by atoms with Crippen LogP contribution in [0, 0.1) is 0 Å². The fourth-order valence-electron chi connectivity index (χ4n) is 0.821. The summed E-state index contributed by atoms with van der Waals surface area (Å²) >= 11 is -4.46. The van der Waals surface area contributed by atoms with Crippen LogP contribution < -0.4 is 0 Å². The molecule has 0 saturated heterocycles. The van der Waals surface area contributed by atoms with Gasteiger partial charge in [-0.25, -0.2) is 0 Å². The molecule has 0 aromatic heterocycles. The van der Waals surface area contributed by atoms with Gasteiger partial charge in [0.25, 0.3) is 0 Å². The Kier molecular flexibility index (Phi) is 2.52. The molecule has 0 unspecified atom stereocenters. The van der Waals surface area contributed by atoms with E-state index in [-0.39, 0.29) is 5.32 Å². The number of benzene rings is 1. The van der Waals surface area contributed by atoms with Crippen LogP contribution in [-0.2, 0) is 9.15 Å². The Labute approximate surface area is 67.4 Å². The van der Waals surface area contributed by atoms with E-state index in [1.165, 1.54) is 0 Å². The topological polar surface area (TPSA) is 57.5 Å². The molecular formula is C7H10O3Se. The van der Waals surface area contributed by atoms with Crippen molar-refractivity contribution in [1.29, 1.82) is 0 Å². The normalized spacial score (nSPS) is 12.9. The summed E-state index contributed by atoms with van der Waals surface area (Å²) in [6, 6.07) is 8.76. The molecule has 0 heterocycles. The maximum atomic E-state index is 10.6. The van der Waals surface area contributed by atoms with E-state index in [1.54, 1.807) is 24.3 Å². The number of hydrogen-bond donors (Lipinski definition) is 2. The third kappa shape index (κ3) is 3.39. The van der Waals surface area contributed by atoms with Crippen molar-refractivity contribution in [2.75, 3.05) is 0 Å². The first-order chi connectivity index (χ1) is 5.08. The standard InChI is InChI=1S/C7H10O3Se/c8-11(9,10)6-7-4-2-1-3-5-7/h1-5,11H,6H2,(H2,8,9,10). The molecule has 0 aliphatic carbocycles. The molecule has 0 aliphatic rings. The molecule has 3 nitrogen and oxygen atoms in total. The molecule has 11 heavy (non-hydrogen) atoms. The van der Waals surface area contributed by atoms with Gasteiger partial charge in [0.05, 0.1) is 0 Å². The van der Waals surface area contributed by atoms with Gasteiger partial charge in [0.15, 0.2) is 0 Å². The molecule has 2 N–H and O–H groups in total. The molecular weight excluding hydrogens is 211 g/mol. The Bertz CT molecular complexity index is 264. The molecule has 1 aromatic carbocycles. The molecule has 0 radical (unpaired) electrons. The first-order valence-corrected chi connectivity index (χ1v) is 6.93. The summed E-state index contributed by atoms with van der Waals surface area (Å²) in [7, 11) is 0. The van der Waals surface area contributed by atoms with Crippen LogP contribution in [-0.4, -0.2) is 21.8 Å². The predicted molar refractivity (Wildman–Crippen MR) is 42.4 cm³/mol. The predicted octanol–water partition coefficient (Wildman–Crippen LogP) is -0.145. The van der Waals surface area contributed by atoms with E-state index in [0.717, 1.165) is 0 Å². The van der Waals surface area contributed by atoms with Gasteiger partial charge in [0.1, 0.15) is 0 Å². The van der Waals surface area contributed by atoms with Crippen molar-refractivity contribution in [3.05, 3.63) is 35.9 Å². The molecule has 0 atom stereocenters. The summed E-state index contributed by atoms with van der Waals surface area (Å²) in [5.74, 6) is 0. The molecule has 1 rings (SSSR count). The molecule has 4 heteroatoms. The van der Waals surface area contributed by atoms with Crippen LogP contribution in [0.2, 0.25) is 0 Å². The average molecular weight is 221 g/mol. The van der Waals surface area contributed by atoms with Gasteiger partial charge in [-0.1, -0.05) is 0 Å². The van der Waals surface area contributed by atoms with Gasteiger partial charge in [0, 0.05) is 0 Å². The third-order valence-corrected chi connectivity index (χ3v) is 2.86. The van der Waals surface area contributed by atoms with E-state index in [2.05, 4.69) is 0 Å². The van der Waals surface area contributed by atoms with Crippen molar-refractivity contribution in [3.63, 3.8) is 0 Å². The van der Waals surface area contributed by atoms with E-state index in [1.807, 2.05) is 6.07 Å². The molecule has 1 aromatic rings. The summed E-state index contributed by atoms with van der Waals surface area (Å²) in [5.41, 5.74) is 0.694. The van der Waals surface area contributed by atoms with Crippen LogP contribution in [0.15, 0.2) is 30.3 Å². The van der Waals surface area contributed by atoms with Crippen LogP contribution >= 0.6 is 0 Å². The minimum absolute atomic E-state index is 0.112. The first-order valence-electron chi connectivity index (χ1n) is 3.16. The van der Waals surface area contributed by atoms with Crippen molar-refractivity contribution >= 4 is 13.4 Å². The van der Waals surface area contributed by atoms with E-state index in [9.17, 15) is 3.83 Å². The Morgan fingerprint density at radius 3 is 2.18 bits per heavy atom. The van der Waals surface area contributed by atoms with Crippen LogP contribution in [0.5, 0.6) is 0 Å². The Balaban J connectivity index is 2.74. The zero-order valence-electron chi connectivity index (χ0n) is 5.84. The van der Waals surface area contributed by atoms with Crippen LogP contribution in [0.25, 0.3) is 0 Å². The molecule has 0 aliphatic heterocycles. The quantitative estimate of drug-likeness (QED) is 0.683. The SMILES string of the molecule is O=[SeH](O)(O)Cc1ccccc1. The second kappa shape index (κ2) is 3.24. The van der Waals surface area contributed by atoms with E-state index in [4.69, 9.17) is 8.38 Å². The molecule has 62 valence electrons. The number of hydrogen-bond acceptors (Lipinski definition) is 1. The van der Waals surface area contributed by atoms with E-state index in [0.29, 0.717) is 5.56 Å². The first kappa shape index (κ1) is 8.56. The molecule has 0 bridgehead atoms. The zero-order valence-corrected chi connectivity index (χ0v) is 7.72. The van der Waals surface area contributed by atoms with Gasteiger partial charge >= 0.3 is 66.9 Å². The maximum absolute atomic E-state index is 10.6. The van der Waals surface area contributed by atoms with Crippen molar-refractivity contribution in [3.8, 4) is 0 Å². The molecule has 0 spiro atoms. The zero-order chi connectivity index (χ0) is 8.32. The number of rotatable bonds is 2. The van der Waals surface area contributed by atoms with Gasteiger partial charge in [-0.15, -0.1) is 0 Å². The third-order valence-electron chi connectivity index (χ3n) is 1.23. The van der Waals surface area contributed by atoms with Crippen molar-refractivity contribution in [2.45, 2.75) is 5.32 Å². The fourth-order valence-corrected chi connectivity index (χ4v) is 2.26. The summed E-state index contributed by atoms with van der Waals surface area (Å²) < 4.78 is 27.8. The summed E-state index contributed by atoms with van der Waals surface area (Å²) in [6.07, 6.45) is 0. The van der Waals surface area contributed by atoms with Crippen LogP contribution in [0.3, 0.4) is 0 Å². The summed E-state index contributed by atoms with van der Waals surface area (Å²) in [6.45, 7) is 0. The van der Waals surface area contributed by atoms with Crippen molar-refractivity contribution in [2.24, 2.45) is 0 Å². The van der Waals surface area contributed by atoms with Gasteiger partial charge in [-0.05, 0) is 0 Å². The molecule has 0 saturated carbocycles. The Morgan fingerprint density at radius 1 is 1.18 bits per heavy atom. The summed E-state index contributed by atoms with van der Waals surface area (Å²) in [4.78, 5) is 0. The second-order valence-electron chi connectivity index (χ2n) is 2.31. The van der Waals surface area contributed by atoms with E-state index < -0.39 is 13.4 Å². The van der Waals surface area contributed by atoms with Gasteiger partial charge in [-0.3, -0.25) is 0 Å². The summed E-state index contributed by atoms with van der Waals surface area (Å²) in [5, 5.41) is -0.112. The Hall–Kier alpha value is -0.541. The van der Waals surface area contributed by atoms with Crippen LogP contribution in [0.4, 0.5) is 0 Å². The van der Waals surface area contributed by atoms with Crippen LogP contribution in [0.1, 0.15) is 5.56 Å². The van der Waals surface area contributed by atoms with Crippen molar-refractivity contribution < 1.29 is 12.2 Å². The molecule has 0 fully saturated rings. The fraction of sp³-hybridized carbons (Fsp3) is 0.143. The second-order valence-corrected chi connectivity index (χ2v) is 5.76. The van der Waals surface area contributed by atoms with Gasteiger partial charge < -0.3 is 0 Å². The minimum atomic E-state index is -4.46. The van der Waals surface area contributed by atoms with Gasteiger partial charge in [-0.2, -0.15) is 0 Å². The average Bonchev–Trinajstić information content (AvgIpc) is 1.85. The van der Waals surface area contributed by atoms with Crippen molar-refractivity contribution in [1.82, 2.24) is 0 Å². The Morgan fingerprint density at radius 2 is 1.73 bits per heavy atom. The molecule has 0 amide bonds. The van der Waals surface area contributed by atoms with Gasteiger partial charge in [0.2, 0.25) is 0 Å². The van der Waals surface area contributed by atoms with E-state index >= 15 is 0 Å².